The number of furan rings is 1. The summed E-state index contributed by atoms with van der Waals surface area (Å²) in [6, 6.07) is 4.50. The highest BCUT2D eigenvalue weighted by Gasteiger charge is 2.20. The minimum absolute atomic E-state index is 0.0247. The highest BCUT2D eigenvalue weighted by Crippen LogP contribution is 2.27. The van der Waals surface area contributed by atoms with E-state index in [2.05, 4.69) is 5.32 Å². The number of amides is 2. The van der Waals surface area contributed by atoms with Gasteiger partial charge in [0.2, 0.25) is 5.91 Å². The van der Waals surface area contributed by atoms with E-state index in [0.717, 1.165) is 0 Å². The Balaban J connectivity index is 2.25. The van der Waals surface area contributed by atoms with E-state index in [4.69, 9.17) is 4.42 Å². The molecule has 2 aromatic rings. The highest BCUT2D eigenvalue weighted by atomic mass is 19.1. The molecule has 1 aromatic carbocycles. The van der Waals surface area contributed by atoms with Crippen LogP contribution in [0.25, 0.3) is 11.0 Å². The summed E-state index contributed by atoms with van der Waals surface area (Å²) in [6.07, 6.45) is 0. The van der Waals surface area contributed by atoms with Crippen LogP contribution < -0.4 is 5.32 Å². The fraction of sp³-hybridized carbons (Fsp3) is 0.286. The molecule has 0 aliphatic heterocycles. The number of rotatable bonds is 3. The molecule has 6 heteroatoms. The molecule has 0 bridgehead atoms. The van der Waals surface area contributed by atoms with Crippen LogP contribution in [0, 0.1) is 12.7 Å². The maximum Gasteiger partial charge on any atom is 0.287 e. The van der Waals surface area contributed by atoms with E-state index in [1.807, 2.05) is 0 Å². The third kappa shape index (κ3) is 2.49. The number of para-hydroxylation sites is 1. The number of aryl methyl sites for hydroxylation is 1. The number of carbonyl (C=O) groups excluding carboxylic acids is 2. The lowest BCUT2D eigenvalue weighted by atomic mass is 10.1. The van der Waals surface area contributed by atoms with Crippen LogP contribution in [0.1, 0.15) is 16.1 Å². The minimum atomic E-state index is -0.534. The Hall–Kier alpha value is -2.37. The lowest BCUT2D eigenvalue weighted by Gasteiger charge is -2.10. The topological polar surface area (TPSA) is 62.6 Å². The Labute approximate surface area is 115 Å². The molecule has 106 valence electrons. The first-order chi connectivity index (χ1) is 9.41. The standard InChI is InChI=1S/C14H15FN2O3/c1-8-9-5-4-6-10(15)13(9)20-12(8)14(19)16-7-11(18)17(2)3/h4-6H,7H2,1-3H3,(H,16,19). The van der Waals surface area contributed by atoms with Crippen LogP contribution >= 0.6 is 0 Å². The maximum atomic E-state index is 13.6. The van der Waals surface area contributed by atoms with Crippen molar-refractivity contribution in [3.8, 4) is 0 Å². The molecule has 1 N–H and O–H groups in total. The summed E-state index contributed by atoms with van der Waals surface area (Å²) in [5, 5.41) is 3.01. The molecule has 1 heterocycles. The summed E-state index contributed by atoms with van der Waals surface area (Å²) >= 11 is 0. The number of halogens is 1. The van der Waals surface area contributed by atoms with Crippen molar-refractivity contribution in [2.45, 2.75) is 6.92 Å². The molecule has 0 atom stereocenters. The SMILES string of the molecule is Cc1c(C(=O)NCC(=O)N(C)C)oc2c(F)cccc12. The molecule has 1 aromatic heterocycles. The first-order valence-electron chi connectivity index (χ1n) is 6.07. The van der Waals surface area contributed by atoms with E-state index in [-0.39, 0.29) is 23.8 Å². The average molecular weight is 278 g/mol. The van der Waals surface area contributed by atoms with Crippen LogP contribution in [0.3, 0.4) is 0 Å². The lowest BCUT2D eigenvalue weighted by Crippen LogP contribution is -2.36. The summed E-state index contributed by atoms with van der Waals surface area (Å²) < 4.78 is 18.8. The molecule has 0 aliphatic carbocycles. The van der Waals surface area contributed by atoms with Crippen molar-refractivity contribution in [3.63, 3.8) is 0 Å². The number of likely N-dealkylation sites (N-methyl/N-ethyl adjacent to an activating group) is 1. The molecule has 0 radical (unpaired) electrons. The van der Waals surface area contributed by atoms with Crippen molar-refractivity contribution in [2.75, 3.05) is 20.6 Å². The summed E-state index contributed by atoms with van der Waals surface area (Å²) in [4.78, 5) is 24.8. The second-order valence-electron chi connectivity index (χ2n) is 4.64. The van der Waals surface area contributed by atoms with Gasteiger partial charge in [0.05, 0.1) is 6.54 Å². The molecule has 0 saturated carbocycles. The van der Waals surface area contributed by atoms with Crippen molar-refractivity contribution in [3.05, 3.63) is 35.3 Å². The molecule has 0 aliphatic rings. The predicted molar refractivity (Wildman–Crippen MR) is 71.9 cm³/mol. The molecule has 0 saturated heterocycles. The zero-order valence-corrected chi connectivity index (χ0v) is 11.5. The Morgan fingerprint density at radius 2 is 2.05 bits per heavy atom. The van der Waals surface area contributed by atoms with Gasteiger partial charge in [-0.1, -0.05) is 12.1 Å². The normalized spacial score (nSPS) is 10.6. The average Bonchev–Trinajstić information content (AvgIpc) is 2.75. The first kappa shape index (κ1) is 14.0. The monoisotopic (exact) mass is 278 g/mol. The molecule has 0 spiro atoms. The van der Waals surface area contributed by atoms with Crippen molar-refractivity contribution < 1.29 is 18.4 Å². The van der Waals surface area contributed by atoms with Crippen LogP contribution in [0.15, 0.2) is 22.6 Å². The first-order valence-corrected chi connectivity index (χ1v) is 6.07. The van der Waals surface area contributed by atoms with E-state index in [9.17, 15) is 14.0 Å². The minimum Gasteiger partial charge on any atom is -0.448 e. The van der Waals surface area contributed by atoms with Gasteiger partial charge in [-0.3, -0.25) is 9.59 Å². The van der Waals surface area contributed by atoms with Gasteiger partial charge in [-0.25, -0.2) is 4.39 Å². The highest BCUT2D eigenvalue weighted by molar-refractivity contribution is 6.00. The molecule has 2 rings (SSSR count). The fourth-order valence-electron chi connectivity index (χ4n) is 1.82. The third-order valence-corrected chi connectivity index (χ3v) is 3.02. The summed E-state index contributed by atoms with van der Waals surface area (Å²) in [5.41, 5.74) is 0.600. The molecule has 0 fully saturated rings. The van der Waals surface area contributed by atoms with Gasteiger partial charge in [0, 0.05) is 25.0 Å². The summed E-state index contributed by atoms with van der Waals surface area (Å²) in [5.74, 6) is -1.27. The number of nitrogens with zero attached hydrogens (tertiary/aromatic N) is 1. The van der Waals surface area contributed by atoms with E-state index in [0.29, 0.717) is 10.9 Å². The van der Waals surface area contributed by atoms with Gasteiger partial charge in [0.1, 0.15) is 0 Å². The van der Waals surface area contributed by atoms with Crippen LogP contribution in [0.4, 0.5) is 4.39 Å². The van der Waals surface area contributed by atoms with E-state index in [1.54, 1.807) is 33.2 Å². The third-order valence-electron chi connectivity index (χ3n) is 3.02. The predicted octanol–water partition coefficient (Wildman–Crippen LogP) is 1.70. The maximum absolute atomic E-state index is 13.6. The quantitative estimate of drug-likeness (QED) is 0.929. The zero-order chi connectivity index (χ0) is 14.9. The van der Waals surface area contributed by atoms with Gasteiger partial charge < -0.3 is 14.6 Å². The van der Waals surface area contributed by atoms with E-state index >= 15 is 0 Å². The fourth-order valence-corrected chi connectivity index (χ4v) is 1.82. The van der Waals surface area contributed by atoms with E-state index in [1.165, 1.54) is 11.0 Å². The van der Waals surface area contributed by atoms with Gasteiger partial charge >= 0.3 is 0 Å². The van der Waals surface area contributed by atoms with Gasteiger partial charge in [0.25, 0.3) is 5.91 Å². The molecule has 2 amide bonds. The number of benzene rings is 1. The van der Waals surface area contributed by atoms with Crippen LogP contribution in [0.5, 0.6) is 0 Å². The largest absolute Gasteiger partial charge is 0.448 e. The van der Waals surface area contributed by atoms with Crippen LogP contribution in [-0.2, 0) is 4.79 Å². The number of carbonyl (C=O) groups is 2. The lowest BCUT2D eigenvalue weighted by molar-refractivity contribution is -0.127. The van der Waals surface area contributed by atoms with Crippen LogP contribution in [-0.4, -0.2) is 37.4 Å². The van der Waals surface area contributed by atoms with Gasteiger partial charge in [0.15, 0.2) is 17.2 Å². The second-order valence-corrected chi connectivity index (χ2v) is 4.64. The summed E-state index contributed by atoms with van der Waals surface area (Å²) in [6.45, 7) is 1.54. The molecule has 5 nitrogen and oxygen atoms in total. The van der Waals surface area contributed by atoms with Crippen molar-refractivity contribution in [1.29, 1.82) is 0 Å². The smallest absolute Gasteiger partial charge is 0.287 e. The number of nitrogens with one attached hydrogen (secondary N) is 1. The Morgan fingerprint density at radius 3 is 2.65 bits per heavy atom. The number of hydrogen-bond acceptors (Lipinski definition) is 3. The summed E-state index contributed by atoms with van der Waals surface area (Å²) in [7, 11) is 3.19. The van der Waals surface area contributed by atoms with Gasteiger partial charge in [-0.05, 0) is 13.0 Å². The molecule has 0 unspecified atom stereocenters. The molecular weight excluding hydrogens is 263 g/mol. The van der Waals surface area contributed by atoms with Gasteiger partial charge in [-0.2, -0.15) is 0 Å². The van der Waals surface area contributed by atoms with Crippen molar-refractivity contribution in [1.82, 2.24) is 10.2 Å². The molecular formula is C14H15FN2O3. The Kier molecular flexibility index (Phi) is 3.74. The Bertz CT molecular complexity index is 676. The zero-order valence-electron chi connectivity index (χ0n) is 11.5. The van der Waals surface area contributed by atoms with Crippen molar-refractivity contribution in [2.24, 2.45) is 0 Å². The van der Waals surface area contributed by atoms with Crippen LogP contribution in [0.2, 0.25) is 0 Å². The molecule has 20 heavy (non-hydrogen) atoms. The number of hydrogen-bond donors (Lipinski definition) is 1. The Morgan fingerprint density at radius 1 is 1.35 bits per heavy atom. The number of fused-ring (bicyclic) bond motifs is 1. The van der Waals surface area contributed by atoms with E-state index < -0.39 is 11.7 Å². The second kappa shape index (κ2) is 5.32. The van der Waals surface area contributed by atoms with Gasteiger partial charge in [-0.15, -0.1) is 0 Å². The van der Waals surface area contributed by atoms with Crippen molar-refractivity contribution >= 4 is 22.8 Å².